The third kappa shape index (κ3) is 2.36. The maximum absolute atomic E-state index is 12.6. The summed E-state index contributed by atoms with van der Waals surface area (Å²) in [6.07, 6.45) is -4.39. The van der Waals surface area contributed by atoms with Gasteiger partial charge < -0.3 is 10.1 Å². The van der Waals surface area contributed by atoms with Crippen molar-refractivity contribution in [2.45, 2.75) is 13.1 Å². The number of ether oxygens (including phenoxy) is 1. The minimum absolute atomic E-state index is 0. The average molecular weight is 248 g/mol. The molecule has 1 rings (SSSR count). The largest absolute Gasteiger partial charge is 0.469 e. The average Bonchev–Trinajstić information content (AvgIpc) is 2.46. The van der Waals surface area contributed by atoms with Crippen LogP contribution in [-0.4, -0.2) is 32.3 Å². The lowest BCUT2D eigenvalue weighted by atomic mass is 9.79. The Bertz CT molecular complexity index is 247. The SMILES string of the molecule is COC(=O)C1CNCC1(C)C(F)(F)F.Cl. The summed E-state index contributed by atoms with van der Waals surface area (Å²) in [6, 6.07) is 0. The number of carbonyl (C=O) groups excluding carboxylic acids is 1. The first-order valence-corrected chi connectivity index (χ1v) is 4.18. The fourth-order valence-electron chi connectivity index (χ4n) is 1.61. The Kier molecular flexibility index (Phi) is 4.42. The standard InChI is InChI=1S/C8H12F3NO2.ClH/c1-7(8(9,10)11)4-12-3-5(7)6(13)14-2;/h5,12H,3-4H2,1-2H3;1H. The van der Waals surface area contributed by atoms with Gasteiger partial charge >= 0.3 is 12.1 Å². The van der Waals surface area contributed by atoms with Gasteiger partial charge in [-0.3, -0.25) is 4.79 Å². The summed E-state index contributed by atoms with van der Waals surface area (Å²) in [4.78, 5) is 11.1. The van der Waals surface area contributed by atoms with Crippen LogP contribution in [0.2, 0.25) is 0 Å². The normalized spacial score (nSPS) is 30.9. The number of carbonyl (C=O) groups is 1. The molecule has 2 unspecified atom stereocenters. The number of alkyl halides is 3. The van der Waals surface area contributed by atoms with Crippen LogP contribution in [0.3, 0.4) is 0 Å². The van der Waals surface area contributed by atoms with Crippen molar-refractivity contribution in [3.8, 4) is 0 Å². The zero-order valence-electron chi connectivity index (χ0n) is 8.35. The van der Waals surface area contributed by atoms with E-state index in [1.165, 1.54) is 0 Å². The number of nitrogens with one attached hydrogen (secondary N) is 1. The molecule has 0 spiro atoms. The summed E-state index contributed by atoms with van der Waals surface area (Å²) in [6.45, 7) is 0.813. The van der Waals surface area contributed by atoms with Crippen molar-refractivity contribution in [2.75, 3.05) is 20.2 Å². The van der Waals surface area contributed by atoms with E-state index in [9.17, 15) is 18.0 Å². The second-order valence-electron chi connectivity index (χ2n) is 3.62. The lowest BCUT2D eigenvalue weighted by Gasteiger charge is -2.30. The molecule has 0 radical (unpaired) electrons. The van der Waals surface area contributed by atoms with E-state index in [1.807, 2.05) is 0 Å². The van der Waals surface area contributed by atoms with Crippen molar-refractivity contribution in [1.82, 2.24) is 5.32 Å². The van der Waals surface area contributed by atoms with Crippen LogP contribution in [0.25, 0.3) is 0 Å². The van der Waals surface area contributed by atoms with Crippen molar-refractivity contribution in [3.05, 3.63) is 0 Å². The second-order valence-corrected chi connectivity index (χ2v) is 3.62. The topological polar surface area (TPSA) is 38.3 Å². The lowest BCUT2D eigenvalue weighted by molar-refractivity contribution is -0.227. The molecule has 0 saturated carbocycles. The molecule has 1 aliphatic heterocycles. The number of rotatable bonds is 1. The van der Waals surface area contributed by atoms with Crippen molar-refractivity contribution < 1.29 is 22.7 Å². The lowest BCUT2D eigenvalue weighted by Crippen LogP contribution is -2.45. The van der Waals surface area contributed by atoms with Gasteiger partial charge in [0.2, 0.25) is 0 Å². The van der Waals surface area contributed by atoms with Crippen LogP contribution in [0, 0.1) is 11.3 Å². The first-order chi connectivity index (χ1) is 6.33. The fraction of sp³-hybridized carbons (Fsp3) is 0.875. The van der Waals surface area contributed by atoms with Crippen LogP contribution in [0.1, 0.15) is 6.92 Å². The number of esters is 1. The van der Waals surface area contributed by atoms with Gasteiger partial charge in [-0.2, -0.15) is 13.2 Å². The summed E-state index contributed by atoms with van der Waals surface area (Å²) in [5.74, 6) is -1.96. The van der Waals surface area contributed by atoms with Gasteiger partial charge in [0.1, 0.15) is 0 Å². The molecule has 1 aliphatic rings. The molecule has 0 bridgehead atoms. The zero-order valence-corrected chi connectivity index (χ0v) is 9.17. The van der Waals surface area contributed by atoms with Crippen LogP contribution < -0.4 is 5.32 Å². The van der Waals surface area contributed by atoms with E-state index in [0.717, 1.165) is 14.0 Å². The molecule has 3 nitrogen and oxygen atoms in total. The first-order valence-electron chi connectivity index (χ1n) is 4.18. The van der Waals surface area contributed by atoms with Gasteiger partial charge in [-0.1, -0.05) is 0 Å². The molecule has 1 N–H and O–H groups in total. The second kappa shape index (κ2) is 4.57. The summed E-state index contributed by atoms with van der Waals surface area (Å²) >= 11 is 0. The van der Waals surface area contributed by atoms with Crippen LogP contribution in [0.15, 0.2) is 0 Å². The number of hydrogen-bond donors (Lipinski definition) is 1. The number of halogens is 4. The van der Waals surface area contributed by atoms with Crippen molar-refractivity contribution in [3.63, 3.8) is 0 Å². The van der Waals surface area contributed by atoms with Gasteiger partial charge in [-0.05, 0) is 6.92 Å². The van der Waals surface area contributed by atoms with Crippen LogP contribution >= 0.6 is 12.4 Å². The van der Waals surface area contributed by atoms with E-state index in [0.29, 0.717) is 0 Å². The molecule has 0 amide bonds. The molecule has 7 heteroatoms. The van der Waals surface area contributed by atoms with Crippen LogP contribution in [0.4, 0.5) is 13.2 Å². The molecular weight excluding hydrogens is 235 g/mol. The maximum Gasteiger partial charge on any atom is 0.396 e. The van der Waals surface area contributed by atoms with E-state index in [2.05, 4.69) is 10.1 Å². The molecule has 0 aromatic heterocycles. The van der Waals surface area contributed by atoms with Gasteiger partial charge in [0.15, 0.2) is 0 Å². The van der Waals surface area contributed by atoms with Gasteiger partial charge in [-0.25, -0.2) is 0 Å². The highest BCUT2D eigenvalue weighted by Crippen LogP contribution is 2.46. The highest BCUT2D eigenvalue weighted by atomic mass is 35.5. The third-order valence-electron chi connectivity index (χ3n) is 2.74. The third-order valence-corrected chi connectivity index (χ3v) is 2.74. The van der Waals surface area contributed by atoms with E-state index in [1.54, 1.807) is 0 Å². The summed E-state index contributed by atoms with van der Waals surface area (Å²) in [7, 11) is 1.09. The smallest absolute Gasteiger partial charge is 0.396 e. The quantitative estimate of drug-likeness (QED) is 0.712. The van der Waals surface area contributed by atoms with Crippen molar-refractivity contribution in [1.29, 1.82) is 0 Å². The Morgan fingerprint density at radius 1 is 1.53 bits per heavy atom. The minimum Gasteiger partial charge on any atom is -0.469 e. The summed E-state index contributed by atoms with van der Waals surface area (Å²) < 4.78 is 42.3. The highest BCUT2D eigenvalue weighted by molar-refractivity contribution is 5.85. The summed E-state index contributed by atoms with van der Waals surface area (Å²) in [5.41, 5.74) is -2.01. The maximum atomic E-state index is 12.6. The molecular formula is C8H13ClF3NO2. The fourth-order valence-corrected chi connectivity index (χ4v) is 1.61. The number of methoxy groups -OCH3 is 1. The molecule has 0 aliphatic carbocycles. The van der Waals surface area contributed by atoms with Crippen molar-refractivity contribution in [2.24, 2.45) is 11.3 Å². The highest BCUT2D eigenvalue weighted by Gasteiger charge is 2.60. The Morgan fingerprint density at radius 3 is 2.47 bits per heavy atom. The molecule has 1 heterocycles. The Morgan fingerprint density at radius 2 is 2.07 bits per heavy atom. The zero-order chi connectivity index (χ0) is 11.0. The molecule has 0 aromatic rings. The van der Waals surface area contributed by atoms with E-state index < -0.39 is 23.5 Å². The molecule has 2 atom stereocenters. The van der Waals surface area contributed by atoms with E-state index >= 15 is 0 Å². The predicted molar refractivity (Wildman–Crippen MR) is 49.8 cm³/mol. The molecule has 15 heavy (non-hydrogen) atoms. The van der Waals surface area contributed by atoms with E-state index in [4.69, 9.17) is 0 Å². The number of hydrogen-bond acceptors (Lipinski definition) is 3. The predicted octanol–water partition coefficient (Wildman–Crippen LogP) is 1.37. The molecule has 90 valence electrons. The van der Waals surface area contributed by atoms with E-state index in [-0.39, 0.29) is 25.5 Å². The Labute approximate surface area is 91.8 Å². The van der Waals surface area contributed by atoms with Gasteiger partial charge in [-0.15, -0.1) is 12.4 Å². The molecule has 1 saturated heterocycles. The van der Waals surface area contributed by atoms with Gasteiger partial charge in [0, 0.05) is 13.1 Å². The van der Waals surface area contributed by atoms with Crippen molar-refractivity contribution >= 4 is 18.4 Å². The minimum atomic E-state index is -4.39. The summed E-state index contributed by atoms with van der Waals surface area (Å²) in [5, 5.41) is 2.56. The Hall–Kier alpha value is -0.490. The Balaban J connectivity index is 0.00000196. The van der Waals surface area contributed by atoms with Crippen LogP contribution in [0.5, 0.6) is 0 Å². The van der Waals surface area contributed by atoms with Gasteiger partial charge in [0.05, 0.1) is 18.4 Å². The van der Waals surface area contributed by atoms with Gasteiger partial charge in [0.25, 0.3) is 0 Å². The first kappa shape index (κ1) is 14.5. The molecule has 1 fully saturated rings. The van der Waals surface area contributed by atoms with Crippen LogP contribution in [-0.2, 0) is 9.53 Å². The molecule has 0 aromatic carbocycles. The monoisotopic (exact) mass is 247 g/mol.